The van der Waals surface area contributed by atoms with Gasteiger partial charge in [-0.15, -0.1) is 11.3 Å². The molecular weight excluding hydrogens is 378 g/mol. The minimum Gasteiger partial charge on any atom is -0.361 e. The van der Waals surface area contributed by atoms with Gasteiger partial charge in [-0.1, -0.05) is 0 Å². The predicted molar refractivity (Wildman–Crippen MR) is 106 cm³/mol. The van der Waals surface area contributed by atoms with Gasteiger partial charge < -0.3 is 20.9 Å². The third-order valence-electron chi connectivity index (χ3n) is 5.09. The Labute approximate surface area is 166 Å². The lowest BCUT2D eigenvalue weighted by atomic mass is 9.94. The first-order valence-electron chi connectivity index (χ1n) is 9.13. The van der Waals surface area contributed by atoms with Gasteiger partial charge in [0, 0.05) is 50.1 Å². The van der Waals surface area contributed by atoms with Crippen LogP contribution in [0.2, 0.25) is 0 Å². The zero-order valence-corrected chi connectivity index (χ0v) is 16.3. The van der Waals surface area contributed by atoms with Gasteiger partial charge in [-0.3, -0.25) is 19.4 Å². The van der Waals surface area contributed by atoms with Gasteiger partial charge in [0.2, 0.25) is 11.8 Å². The van der Waals surface area contributed by atoms with E-state index in [1.165, 1.54) is 18.3 Å². The monoisotopic (exact) mass is 399 g/mol. The molecule has 2 aromatic heterocycles. The standard InChI is InChI=1S/C19H21N5O3S/c1-12(25)21-11-16(26)24-8-4-19(5-9-24)22-14-10-15(13-2-6-20-7-3-13)28-17(14)18(27)23-19/h2-3,6-7,10,22H,4-5,8-9,11H2,1H3,(H,21,25)(H,23,27). The van der Waals surface area contributed by atoms with Crippen molar-refractivity contribution in [1.29, 1.82) is 0 Å². The van der Waals surface area contributed by atoms with E-state index in [-0.39, 0.29) is 24.3 Å². The van der Waals surface area contributed by atoms with E-state index < -0.39 is 5.66 Å². The number of thiophene rings is 1. The molecule has 3 amide bonds. The Kier molecular flexibility index (Phi) is 4.76. The summed E-state index contributed by atoms with van der Waals surface area (Å²) in [5.74, 6) is -0.418. The van der Waals surface area contributed by atoms with Crippen LogP contribution >= 0.6 is 11.3 Å². The summed E-state index contributed by atoms with van der Waals surface area (Å²) >= 11 is 1.45. The lowest BCUT2D eigenvalue weighted by Gasteiger charge is -2.45. The number of hydrogen-bond donors (Lipinski definition) is 3. The second kappa shape index (κ2) is 7.23. The Balaban J connectivity index is 1.46. The van der Waals surface area contributed by atoms with E-state index in [1.807, 2.05) is 18.2 Å². The van der Waals surface area contributed by atoms with E-state index in [1.54, 1.807) is 17.3 Å². The summed E-state index contributed by atoms with van der Waals surface area (Å²) in [7, 11) is 0. The van der Waals surface area contributed by atoms with Crippen LogP contribution in [-0.4, -0.2) is 52.9 Å². The molecule has 146 valence electrons. The molecule has 1 spiro atoms. The van der Waals surface area contributed by atoms with Crippen LogP contribution in [0.25, 0.3) is 10.4 Å². The molecule has 2 aliphatic rings. The van der Waals surface area contributed by atoms with Crippen molar-refractivity contribution < 1.29 is 14.4 Å². The first kappa shape index (κ1) is 18.4. The number of anilines is 1. The third kappa shape index (κ3) is 3.57. The average molecular weight is 399 g/mol. The van der Waals surface area contributed by atoms with E-state index >= 15 is 0 Å². The van der Waals surface area contributed by atoms with Crippen LogP contribution in [0.4, 0.5) is 5.69 Å². The van der Waals surface area contributed by atoms with Crippen molar-refractivity contribution in [3.8, 4) is 10.4 Å². The molecule has 0 atom stereocenters. The number of amides is 3. The first-order valence-corrected chi connectivity index (χ1v) is 9.95. The van der Waals surface area contributed by atoms with Gasteiger partial charge >= 0.3 is 0 Å². The highest BCUT2D eigenvalue weighted by atomic mass is 32.1. The highest BCUT2D eigenvalue weighted by Gasteiger charge is 2.41. The van der Waals surface area contributed by atoms with Crippen LogP contribution < -0.4 is 16.0 Å². The second-order valence-corrected chi connectivity index (χ2v) is 8.09. The lowest BCUT2D eigenvalue weighted by molar-refractivity contribution is -0.133. The molecule has 0 aromatic carbocycles. The average Bonchev–Trinajstić information content (AvgIpc) is 3.12. The Morgan fingerprint density at radius 3 is 2.64 bits per heavy atom. The highest BCUT2D eigenvalue weighted by molar-refractivity contribution is 7.18. The first-order chi connectivity index (χ1) is 13.5. The fourth-order valence-electron chi connectivity index (χ4n) is 3.57. The number of carbonyl (C=O) groups is 3. The molecular formula is C19H21N5O3S. The molecule has 0 aliphatic carbocycles. The molecule has 0 unspecified atom stereocenters. The van der Waals surface area contributed by atoms with Crippen molar-refractivity contribution in [3.63, 3.8) is 0 Å². The van der Waals surface area contributed by atoms with Gasteiger partial charge in [0.05, 0.1) is 12.2 Å². The van der Waals surface area contributed by atoms with Crippen LogP contribution in [0.1, 0.15) is 29.4 Å². The van der Waals surface area contributed by atoms with Gasteiger partial charge in [0.25, 0.3) is 5.91 Å². The number of nitrogens with one attached hydrogen (secondary N) is 3. The number of carbonyl (C=O) groups excluding carboxylic acids is 3. The molecule has 1 fully saturated rings. The quantitative estimate of drug-likeness (QED) is 0.724. The SMILES string of the molecule is CC(=O)NCC(=O)N1CCC2(CC1)NC(=O)c1sc(-c3ccncc3)cc1N2. The number of pyridine rings is 1. The molecule has 1 saturated heterocycles. The van der Waals surface area contributed by atoms with Crippen molar-refractivity contribution in [3.05, 3.63) is 35.5 Å². The third-order valence-corrected chi connectivity index (χ3v) is 6.27. The van der Waals surface area contributed by atoms with Crippen molar-refractivity contribution >= 4 is 34.7 Å². The Hall–Kier alpha value is -2.94. The van der Waals surface area contributed by atoms with E-state index in [4.69, 9.17) is 0 Å². The number of hydrogen-bond acceptors (Lipinski definition) is 6. The van der Waals surface area contributed by atoms with Crippen molar-refractivity contribution in [2.75, 3.05) is 25.0 Å². The van der Waals surface area contributed by atoms with E-state index in [9.17, 15) is 14.4 Å². The van der Waals surface area contributed by atoms with E-state index in [2.05, 4.69) is 20.9 Å². The van der Waals surface area contributed by atoms with Gasteiger partial charge in [0.15, 0.2) is 0 Å². The van der Waals surface area contributed by atoms with Gasteiger partial charge in [-0.2, -0.15) is 0 Å². The molecule has 0 saturated carbocycles. The van der Waals surface area contributed by atoms with Crippen molar-refractivity contribution in [2.24, 2.45) is 0 Å². The number of rotatable bonds is 3. The number of nitrogens with zero attached hydrogens (tertiary/aromatic N) is 2. The molecule has 9 heteroatoms. The summed E-state index contributed by atoms with van der Waals surface area (Å²) < 4.78 is 0. The highest BCUT2D eigenvalue weighted by Crippen LogP contribution is 2.40. The molecule has 4 rings (SSSR count). The fourth-order valence-corrected chi connectivity index (χ4v) is 4.59. The molecule has 8 nitrogen and oxygen atoms in total. The van der Waals surface area contributed by atoms with Gasteiger partial charge in [-0.25, -0.2) is 0 Å². The maximum atomic E-state index is 12.7. The zero-order chi connectivity index (χ0) is 19.7. The molecule has 28 heavy (non-hydrogen) atoms. The zero-order valence-electron chi connectivity index (χ0n) is 15.4. The van der Waals surface area contributed by atoms with Crippen LogP contribution in [0.5, 0.6) is 0 Å². The fraction of sp³-hybridized carbons (Fsp3) is 0.368. The van der Waals surface area contributed by atoms with Crippen LogP contribution in [0.3, 0.4) is 0 Å². The normalized spacial score (nSPS) is 17.5. The second-order valence-electron chi connectivity index (χ2n) is 7.04. The predicted octanol–water partition coefficient (Wildman–Crippen LogP) is 1.42. The summed E-state index contributed by atoms with van der Waals surface area (Å²) in [5, 5.41) is 9.13. The minimum absolute atomic E-state index is 0.00604. The topological polar surface area (TPSA) is 103 Å². The van der Waals surface area contributed by atoms with Crippen LogP contribution in [0.15, 0.2) is 30.6 Å². The number of aromatic nitrogens is 1. The maximum absolute atomic E-state index is 12.7. The molecule has 0 radical (unpaired) electrons. The molecule has 4 heterocycles. The van der Waals surface area contributed by atoms with E-state index in [0.717, 1.165) is 16.1 Å². The summed E-state index contributed by atoms with van der Waals surface area (Å²) in [6.45, 7) is 2.43. The largest absolute Gasteiger partial charge is 0.361 e. The van der Waals surface area contributed by atoms with Crippen LogP contribution in [0, 0.1) is 0 Å². The molecule has 2 aliphatic heterocycles. The van der Waals surface area contributed by atoms with Gasteiger partial charge in [-0.05, 0) is 23.8 Å². The minimum atomic E-state index is -0.550. The Bertz CT molecular complexity index is 919. The molecule has 0 bridgehead atoms. The number of likely N-dealkylation sites (tertiary alicyclic amines) is 1. The molecule has 2 aromatic rings. The van der Waals surface area contributed by atoms with Crippen LogP contribution in [-0.2, 0) is 9.59 Å². The number of piperidine rings is 1. The maximum Gasteiger partial charge on any atom is 0.265 e. The Morgan fingerprint density at radius 1 is 1.25 bits per heavy atom. The summed E-state index contributed by atoms with van der Waals surface area (Å²) in [6.07, 6.45) is 4.67. The summed E-state index contributed by atoms with van der Waals surface area (Å²) in [6, 6.07) is 5.85. The van der Waals surface area contributed by atoms with Crippen molar-refractivity contribution in [2.45, 2.75) is 25.4 Å². The van der Waals surface area contributed by atoms with Crippen molar-refractivity contribution in [1.82, 2.24) is 20.5 Å². The Morgan fingerprint density at radius 2 is 1.96 bits per heavy atom. The smallest absolute Gasteiger partial charge is 0.265 e. The summed E-state index contributed by atoms with van der Waals surface area (Å²) in [5.41, 5.74) is 1.31. The molecule has 3 N–H and O–H groups in total. The number of fused-ring (bicyclic) bond motifs is 1. The lowest BCUT2D eigenvalue weighted by Crippen LogP contribution is -2.62. The van der Waals surface area contributed by atoms with E-state index in [0.29, 0.717) is 30.8 Å². The van der Waals surface area contributed by atoms with Gasteiger partial charge in [0.1, 0.15) is 10.5 Å². The summed E-state index contributed by atoms with van der Waals surface area (Å²) in [4.78, 5) is 43.3.